The van der Waals surface area contributed by atoms with Crippen LogP contribution in [0.3, 0.4) is 0 Å². The van der Waals surface area contributed by atoms with Gasteiger partial charge in [0.15, 0.2) is 0 Å². The number of carbonyl (C=O) groups is 1. The Labute approximate surface area is 105 Å². The number of rotatable bonds is 4. The number of aliphatic carboxylic acids is 1. The molecule has 2 unspecified atom stereocenters. The highest BCUT2D eigenvalue weighted by Crippen LogP contribution is 2.35. The lowest BCUT2D eigenvalue weighted by atomic mass is 9.86. The second-order valence-electron chi connectivity index (χ2n) is 4.30. The predicted molar refractivity (Wildman–Crippen MR) is 60.3 cm³/mol. The maximum atomic E-state index is 11.1. The van der Waals surface area contributed by atoms with Crippen molar-refractivity contribution in [2.45, 2.75) is 36.2 Å². The van der Waals surface area contributed by atoms with Crippen LogP contribution in [0.25, 0.3) is 0 Å². The molecule has 1 aliphatic carbocycles. The minimum Gasteiger partial charge on any atom is -0.481 e. The molecule has 0 aliphatic heterocycles. The van der Waals surface area contributed by atoms with E-state index in [0.717, 1.165) is 0 Å². The normalized spacial score (nSPS) is 30.0. The molecule has 0 amide bonds. The van der Waals surface area contributed by atoms with Crippen LogP contribution in [0.4, 0.5) is 0 Å². The van der Waals surface area contributed by atoms with Crippen LogP contribution in [-0.4, -0.2) is 47.5 Å². The molecule has 8 nitrogen and oxygen atoms in total. The van der Waals surface area contributed by atoms with Crippen LogP contribution in [-0.2, 0) is 25.0 Å². The van der Waals surface area contributed by atoms with Crippen molar-refractivity contribution in [3.05, 3.63) is 0 Å². The molecule has 0 spiro atoms. The van der Waals surface area contributed by atoms with E-state index in [0.29, 0.717) is 0 Å². The Hall–Kier alpha value is -0.710. The largest absolute Gasteiger partial charge is 0.481 e. The molecule has 106 valence electrons. The van der Waals surface area contributed by atoms with E-state index in [2.05, 4.69) is 0 Å². The van der Waals surface area contributed by atoms with E-state index in [-0.39, 0.29) is 19.3 Å². The summed E-state index contributed by atoms with van der Waals surface area (Å²) in [5.41, 5.74) is 0. The monoisotopic (exact) mass is 302 g/mol. The zero-order valence-electron chi connectivity index (χ0n) is 9.26. The van der Waals surface area contributed by atoms with Crippen molar-refractivity contribution in [1.29, 1.82) is 0 Å². The summed E-state index contributed by atoms with van der Waals surface area (Å²) in [4.78, 5) is 10.7. The van der Waals surface area contributed by atoms with Crippen LogP contribution in [0.1, 0.15) is 25.7 Å². The highest BCUT2D eigenvalue weighted by Gasteiger charge is 2.46. The van der Waals surface area contributed by atoms with Crippen molar-refractivity contribution in [3.8, 4) is 0 Å². The molecule has 1 fully saturated rings. The summed E-state index contributed by atoms with van der Waals surface area (Å²) >= 11 is 0. The molecule has 1 aliphatic rings. The topological polar surface area (TPSA) is 146 Å². The van der Waals surface area contributed by atoms with E-state index in [1.165, 1.54) is 0 Å². The van der Waals surface area contributed by atoms with Gasteiger partial charge in [-0.3, -0.25) is 13.9 Å². The van der Waals surface area contributed by atoms with Gasteiger partial charge in [-0.1, -0.05) is 6.42 Å². The van der Waals surface area contributed by atoms with E-state index < -0.39 is 49.0 Å². The average molecular weight is 302 g/mol. The maximum absolute atomic E-state index is 11.1. The van der Waals surface area contributed by atoms with Gasteiger partial charge in [0.1, 0.15) is 0 Å². The average Bonchev–Trinajstić information content (AvgIpc) is 2.13. The van der Waals surface area contributed by atoms with E-state index in [1.807, 2.05) is 0 Å². The minimum atomic E-state index is -4.55. The van der Waals surface area contributed by atoms with Crippen LogP contribution in [0.2, 0.25) is 0 Å². The Kier molecular flexibility index (Phi) is 4.36. The standard InChI is InChI=1S/C8H14O8S2/c9-8(10)4-5-6(17(11,12)13)2-1-3-7(5)18(14,15)16/h5-7H,1-4H2,(H,9,10)(H,11,12,13)(H,14,15,16). The van der Waals surface area contributed by atoms with Crippen molar-refractivity contribution in [1.82, 2.24) is 0 Å². The molecule has 0 aromatic rings. The molecule has 0 heterocycles. The molecule has 1 saturated carbocycles. The molecule has 18 heavy (non-hydrogen) atoms. The quantitative estimate of drug-likeness (QED) is 0.604. The van der Waals surface area contributed by atoms with Gasteiger partial charge in [0, 0.05) is 5.92 Å². The summed E-state index contributed by atoms with van der Waals surface area (Å²) in [6, 6.07) is 0. The first-order chi connectivity index (χ1) is 8.03. The van der Waals surface area contributed by atoms with Crippen molar-refractivity contribution in [3.63, 3.8) is 0 Å². The first-order valence-corrected chi connectivity index (χ1v) is 8.18. The predicted octanol–water partition coefficient (Wildman–Crippen LogP) is -0.226. The van der Waals surface area contributed by atoms with E-state index in [4.69, 9.17) is 14.2 Å². The summed E-state index contributed by atoms with van der Waals surface area (Å²) in [6.45, 7) is 0. The summed E-state index contributed by atoms with van der Waals surface area (Å²) < 4.78 is 62.6. The third-order valence-electron chi connectivity index (χ3n) is 3.11. The Bertz CT molecular complexity index is 479. The van der Waals surface area contributed by atoms with Crippen LogP contribution in [0, 0.1) is 5.92 Å². The molecule has 1 rings (SSSR count). The van der Waals surface area contributed by atoms with Crippen molar-refractivity contribution < 1.29 is 35.8 Å². The second kappa shape index (κ2) is 5.11. The first-order valence-electron chi connectivity index (χ1n) is 5.18. The van der Waals surface area contributed by atoms with Gasteiger partial charge >= 0.3 is 5.97 Å². The van der Waals surface area contributed by atoms with Gasteiger partial charge in [-0.05, 0) is 12.8 Å². The SMILES string of the molecule is O=C(O)CC1C(S(=O)(=O)O)CCCC1S(=O)(=O)O. The number of hydrogen-bond donors (Lipinski definition) is 3. The fraction of sp³-hybridized carbons (Fsp3) is 0.875. The van der Waals surface area contributed by atoms with Crippen LogP contribution >= 0.6 is 0 Å². The Morgan fingerprint density at radius 3 is 1.67 bits per heavy atom. The molecule has 0 aromatic heterocycles. The molecule has 0 radical (unpaired) electrons. The number of carboxylic acids is 1. The molecule has 0 aromatic carbocycles. The molecule has 0 bridgehead atoms. The van der Waals surface area contributed by atoms with Crippen molar-refractivity contribution in [2.24, 2.45) is 5.92 Å². The third kappa shape index (κ3) is 3.64. The summed E-state index contributed by atoms with van der Waals surface area (Å²) in [6.07, 6.45) is -0.619. The van der Waals surface area contributed by atoms with Crippen molar-refractivity contribution >= 4 is 26.2 Å². The van der Waals surface area contributed by atoms with Gasteiger partial charge in [0.25, 0.3) is 20.2 Å². The van der Waals surface area contributed by atoms with Gasteiger partial charge in [0.2, 0.25) is 0 Å². The molecule has 3 N–H and O–H groups in total. The van der Waals surface area contributed by atoms with Crippen LogP contribution in [0.5, 0.6) is 0 Å². The lowest BCUT2D eigenvalue weighted by Crippen LogP contribution is -2.45. The fourth-order valence-corrected chi connectivity index (χ4v) is 4.88. The smallest absolute Gasteiger partial charge is 0.303 e. The zero-order valence-corrected chi connectivity index (χ0v) is 10.9. The minimum absolute atomic E-state index is 0.0250. The molecule has 0 saturated heterocycles. The van der Waals surface area contributed by atoms with E-state index in [9.17, 15) is 21.6 Å². The lowest BCUT2D eigenvalue weighted by Gasteiger charge is -2.33. The Balaban J connectivity index is 3.17. The van der Waals surface area contributed by atoms with Gasteiger partial charge in [0.05, 0.1) is 16.9 Å². The Morgan fingerprint density at radius 1 is 1.00 bits per heavy atom. The fourth-order valence-electron chi connectivity index (χ4n) is 2.39. The highest BCUT2D eigenvalue weighted by atomic mass is 32.2. The summed E-state index contributed by atoms with van der Waals surface area (Å²) in [7, 11) is -9.11. The van der Waals surface area contributed by atoms with Gasteiger partial charge in [-0.15, -0.1) is 0 Å². The van der Waals surface area contributed by atoms with Crippen LogP contribution in [0.15, 0.2) is 0 Å². The second-order valence-corrected chi connectivity index (χ2v) is 7.57. The maximum Gasteiger partial charge on any atom is 0.303 e. The van der Waals surface area contributed by atoms with Gasteiger partial charge in [-0.25, -0.2) is 0 Å². The number of hydrogen-bond acceptors (Lipinski definition) is 5. The third-order valence-corrected chi connectivity index (χ3v) is 5.81. The van der Waals surface area contributed by atoms with E-state index >= 15 is 0 Å². The molecular weight excluding hydrogens is 288 g/mol. The molecule has 2 atom stereocenters. The zero-order chi connectivity index (χ0) is 14.1. The summed E-state index contributed by atoms with van der Waals surface area (Å²) in [5, 5.41) is 5.72. The van der Waals surface area contributed by atoms with Gasteiger partial charge in [-0.2, -0.15) is 16.8 Å². The number of carboxylic acid groups (broad SMARTS) is 1. The first kappa shape index (κ1) is 15.3. The molecule has 10 heteroatoms. The van der Waals surface area contributed by atoms with Crippen molar-refractivity contribution in [2.75, 3.05) is 0 Å². The summed E-state index contributed by atoms with van der Waals surface area (Å²) in [5.74, 6) is -2.73. The van der Waals surface area contributed by atoms with Crippen LogP contribution < -0.4 is 0 Å². The van der Waals surface area contributed by atoms with E-state index in [1.54, 1.807) is 0 Å². The Morgan fingerprint density at radius 2 is 1.39 bits per heavy atom. The molecular formula is C8H14O8S2. The highest BCUT2D eigenvalue weighted by molar-refractivity contribution is 7.87. The van der Waals surface area contributed by atoms with Gasteiger partial charge < -0.3 is 5.11 Å². The lowest BCUT2D eigenvalue weighted by molar-refractivity contribution is -0.138.